The molecule has 1 atom stereocenters. The van der Waals surface area contributed by atoms with Gasteiger partial charge in [0.2, 0.25) is 0 Å². The maximum absolute atomic E-state index is 5.91. The highest BCUT2D eigenvalue weighted by Crippen LogP contribution is 2.12. The van der Waals surface area contributed by atoms with Crippen molar-refractivity contribution in [1.82, 2.24) is 14.7 Å². The van der Waals surface area contributed by atoms with Gasteiger partial charge in [0.15, 0.2) is 0 Å². The fourth-order valence-corrected chi connectivity index (χ4v) is 2.41. The van der Waals surface area contributed by atoms with Crippen LogP contribution in [0, 0.1) is 0 Å². The molecule has 1 saturated heterocycles. The van der Waals surface area contributed by atoms with Crippen LogP contribution in [0.15, 0.2) is 42.6 Å². The predicted molar refractivity (Wildman–Crippen MR) is 71.4 cm³/mol. The average molecular weight is 242 g/mol. The highest BCUT2D eigenvalue weighted by molar-refractivity contribution is 5.30. The molecule has 0 spiro atoms. The maximum Gasteiger partial charge on any atom is 0.0769 e. The lowest BCUT2D eigenvalue weighted by Crippen LogP contribution is -2.26. The van der Waals surface area contributed by atoms with Crippen molar-refractivity contribution in [3.05, 3.63) is 48.3 Å². The van der Waals surface area contributed by atoms with Gasteiger partial charge in [-0.3, -0.25) is 4.90 Å². The largest absolute Gasteiger partial charge is 0.326 e. The molecule has 1 aliphatic heterocycles. The summed E-state index contributed by atoms with van der Waals surface area (Å²) in [5, 5.41) is 4.60. The van der Waals surface area contributed by atoms with Gasteiger partial charge >= 0.3 is 0 Å². The number of hydrogen-bond acceptors (Lipinski definition) is 3. The molecule has 1 unspecified atom stereocenters. The molecule has 4 heteroatoms. The number of nitrogens with zero attached hydrogens (tertiary/aromatic N) is 3. The van der Waals surface area contributed by atoms with Crippen molar-refractivity contribution in [2.75, 3.05) is 13.1 Å². The number of hydrogen-bond donors (Lipinski definition) is 1. The highest BCUT2D eigenvalue weighted by Gasteiger charge is 2.19. The van der Waals surface area contributed by atoms with E-state index in [4.69, 9.17) is 5.73 Å². The first-order valence-corrected chi connectivity index (χ1v) is 6.39. The standard InChI is InChI=1S/C14H18N4/c15-12-6-8-17(10-12)11-13-7-9-18(16-13)14-4-2-1-3-5-14/h1-5,7,9,12H,6,8,10-11,15H2. The van der Waals surface area contributed by atoms with E-state index < -0.39 is 0 Å². The van der Waals surface area contributed by atoms with Gasteiger partial charge in [-0.05, 0) is 24.6 Å². The molecule has 0 bridgehead atoms. The minimum Gasteiger partial charge on any atom is -0.326 e. The Kier molecular flexibility index (Phi) is 3.13. The van der Waals surface area contributed by atoms with Crippen LogP contribution in [0.5, 0.6) is 0 Å². The zero-order chi connectivity index (χ0) is 12.4. The van der Waals surface area contributed by atoms with E-state index in [1.807, 2.05) is 29.1 Å². The van der Waals surface area contributed by atoms with E-state index in [1.165, 1.54) is 0 Å². The fourth-order valence-electron chi connectivity index (χ4n) is 2.41. The lowest BCUT2D eigenvalue weighted by molar-refractivity contribution is 0.322. The van der Waals surface area contributed by atoms with E-state index in [0.29, 0.717) is 6.04 Å². The second kappa shape index (κ2) is 4.92. The first-order valence-electron chi connectivity index (χ1n) is 6.39. The fraction of sp³-hybridized carbons (Fsp3) is 0.357. The summed E-state index contributed by atoms with van der Waals surface area (Å²) in [6, 6.07) is 12.6. The Hall–Kier alpha value is -1.65. The Balaban J connectivity index is 1.70. The average Bonchev–Trinajstić information content (AvgIpc) is 3.01. The minimum atomic E-state index is 0.334. The summed E-state index contributed by atoms with van der Waals surface area (Å²) in [6.45, 7) is 2.96. The van der Waals surface area contributed by atoms with Gasteiger partial charge in [-0.15, -0.1) is 0 Å². The zero-order valence-corrected chi connectivity index (χ0v) is 10.4. The van der Waals surface area contributed by atoms with Crippen LogP contribution < -0.4 is 5.73 Å². The third kappa shape index (κ3) is 2.44. The van der Waals surface area contributed by atoms with Gasteiger partial charge < -0.3 is 5.73 Å². The zero-order valence-electron chi connectivity index (χ0n) is 10.4. The maximum atomic E-state index is 5.91. The Morgan fingerprint density at radius 3 is 2.78 bits per heavy atom. The molecule has 4 nitrogen and oxygen atoms in total. The lowest BCUT2D eigenvalue weighted by Gasteiger charge is -2.12. The van der Waals surface area contributed by atoms with Crippen molar-refractivity contribution in [2.45, 2.75) is 19.0 Å². The Morgan fingerprint density at radius 2 is 2.06 bits per heavy atom. The van der Waals surface area contributed by atoms with Gasteiger partial charge in [0.05, 0.1) is 11.4 Å². The molecule has 1 aromatic heterocycles. The molecule has 1 aliphatic rings. The highest BCUT2D eigenvalue weighted by atomic mass is 15.3. The van der Waals surface area contributed by atoms with Crippen LogP contribution >= 0.6 is 0 Å². The van der Waals surface area contributed by atoms with Crippen LogP contribution in [-0.4, -0.2) is 33.8 Å². The summed E-state index contributed by atoms with van der Waals surface area (Å²) < 4.78 is 1.92. The summed E-state index contributed by atoms with van der Waals surface area (Å²) in [4.78, 5) is 2.36. The monoisotopic (exact) mass is 242 g/mol. The number of nitrogens with two attached hydrogens (primary N) is 1. The van der Waals surface area contributed by atoms with Crippen molar-refractivity contribution in [3.63, 3.8) is 0 Å². The first-order chi connectivity index (χ1) is 8.81. The van der Waals surface area contributed by atoms with Crippen molar-refractivity contribution < 1.29 is 0 Å². The third-order valence-electron chi connectivity index (χ3n) is 3.36. The van der Waals surface area contributed by atoms with Crippen molar-refractivity contribution in [2.24, 2.45) is 5.73 Å². The van der Waals surface area contributed by atoms with Crippen LogP contribution in [0.1, 0.15) is 12.1 Å². The Labute approximate surface area is 107 Å². The van der Waals surface area contributed by atoms with Gasteiger partial charge in [0.1, 0.15) is 0 Å². The SMILES string of the molecule is NC1CCN(Cc2ccn(-c3ccccc3)n2)C1. The van der Waals surface area contributed by atoms with E-state index in [-0.39, 0.29) is 0 Å². The second-order valence-corrected chi connectivity index (χ2v) is 4.87. The quantitative estimate of drug-likeness (QED) is 0.885. The lowest BCUT2D eigenvalue weighted by atomic mass is 10.3. The number of rotatable bonds is 3. The molecule has 2 N–H and O–H groups in total. The smallest absolute Gasteiger partial charge is 0.0769 e. The summed E-state index contributed by atoms with van der Waals surface area (Å²) in [5.41, 5.74) is 8.11. The summed E-state index contributed by atoms with van der Waals surface area (Å²) in [7, 11) is 0. The molecular formula is C14H18N4. The molecule has 0 radical (unpaired) electrons. The Morgan fingerprint density at radius 1 is 1.22 bits per heavy atom. The molecule has 1 fully saturated rings. The molecule has 18 heavy (non-hydrogen) atoms. The predicted octanol–water partition coefficient (Wildman–Crippen LogP) is 1.41. The van der Waals surface area contributed by atoms with Crippen LogP contribution in [-0.2, 0) is 6.54 Å². The van der Waals surface area contributed by atoms with E-state index in [1.54, 1.807) is 0 Å². The molecule has 3 rings (SSSR count). The van der Waals surface area contributed by atoms with E-state index in [0.717, 1.165) is 37.4 Å². The minimum absolute atomic E-state index is 0.334. The summed E-state index contributed by atoms with van der Waals surface area (Å²) in [6.07, 6.45) is 3.11. The molecule has 0 aliphatic carbocycles. The van der Waals surface area contributed by atoms with Crippen molar-refractivity contribution in [1.29, 1.82) is 0 Å². The van der Waals surface area contributed by atoms with Crippen LogP contribution in [0.25, 0.3) is 5.69 Å². The first kappa shape index (κ1) is 11.4. The molecule has 2 heterocycles. The van der Waals surface area contributed by atoms with Gasteiger partial charge in [-0.1, -0.05) is 18.2 Å². The van der Waals surface area contributed by atoms with Crippen LogP contribution in [0.2, 0.25) is 0 Å². The van der Waals surface area contributed by atoms with Gasteiger partial charge in [-0.25, -0.2) is 4.68 Å². The van der Waals surface area contributed by atoms with Gasteiger partial charge in [-0.2, -0.15) is 5.10 Å². The molecule has 94 valence electrons. The van der Waals surface area contributed by atoms with Crippen molar-refractivity contribution in [3.8, 4) is 5.69 Å². The van der Waals surface area contributed by atoms with E-state index in [9.17, 15) is 0 Å². The van der Waals surface area contributed by atoms with Crippen LogP contribution in [0.4, 0.5) is 0 Å². The summed E-state index contributed by atoms with van der Waals surface area (Å²) in [5.74, 6) is 0. The number of para-hydroxylation sites is 1. The molecule has 0 saturated carbocycles. The van der Waals surface area contributed by atoms with E-state index in [2.05, 4.69) is 28.2 Å². The molecule has 2 aromatic rings. The third-order valence-corrected chi connectivity index (χ3v) is 3.36. The Bertz CT molecular complexity index is 506. The molecular weight excluding hydrogens is 224 g/mol. The van der Waals surface area contributed by atoms with Crippen molar-refractivity contribution >= 4 is 0 Å². The molecule has 0 amide bonds. The number of benzene rings is 1. The second-order valence-electron chi connectivity index (χ2n) is 4.87. The summed E-state index contributed by atoms with van der Waals surface area (Å²) >= 11 is 0. The van der Waals surface area contributed by atoms with Gasteiger partial charge in [0, 0.05) is 31.9 Å². The number of likely N-dealkylation sites (tertiary alicyclic amines) is 1. The van der Waals surface area contributed by atoms with Gasteiger partial charge in [0.25, 0.3) is 0 Å². The topological polar surface area (TPSA) is 47.1 Å². The normalized spacial score (nSPS) is 20.4. The van der Waals surface area contributed by atoms with E-state index >= 15 is 0 Å². The molecule has 1 aromatic carbocycles. The number of aromatic nitrogens is 2. The van der Waals surface area contributed by atoms with Crippen LogP contribution in [0.3, 0.4) is 0 Å².